The molecule has 1 aliphatic heterocycles. The molecule has 7 nitrogen and oxygen atoms in total. The number of nitriles is 2. The predicted octanol–water partition coefficient (Wildman–Crippen LogP) is 1.88. The maximum absolute atomic E-state index is 12.8. The van der Waals surface area contributed by atoms with Crippen LogP contribution in [-0.4, -0.2) is 18.8 Å². The summed E-state index contributed by atoms with van der Waals surface area (Å²) in [5, 5.41) is 20.4. The van der Waals surface area contributed by atoms with Gasteiger partial charge in [-0.15, -0.1) is 0 Å². The minimum Gasteiger partial charge on any atom is -0.497 e. The Balaban J connectivity index is 2.09. The number of hydrogen-bond acceptors (Lipinski definition) is 7. The van der Waals surface area contributed by atoms with Gasteiger partial charge in [-0.1, -0.05) is 35.6 Å². The summed E-state index contributed by atoms with van der Waals surface area (Å²) in [6, 6.07) is 18.8. The Kier molecular flexibility index (Phi) is 5.55. The van der Waals surface area contributed by atoms with Crippen LogP contribution in [-0.2, 0) is 0 Å². The first-order valence-electron chi connectivity index (χ1n) is 9.58. The molecule has 1 aromatic heterocycles. The van der Waals surface area contributed by atoms with Gasteiger partial charge in [-0.25, -0.2) is 0 Å². The molecule has 0 saturated carbocycles. The van der Waals surface area contributed by atoms with Crippen molar-refractivity contribution in [2.75, 3.05) is 14.2 Å². The molecular formula is C24H18N4O3S. The molecule has 0 amide bonds. The van der Waals surface area contributed by atoms with E-state index >= 15 is 0 Å². The van der Waals surface area contributed by atoms with Gasteiger partial charge in [0.1, 0.15) is 17.3 Å². The molecule has 2 aromatic carbocycles. The van der Waals surface area contributed by atoms with E-state index in [1.165, 1.54) is 4.57 Å². The summed E-state index contributed by atoms with van der Waals surface area (Å²) in [4.78, 5) is 12.5. The van der Waals surface area contributed by atoms with Crippen LogP contribution in [0.5, 0.6) is 11.5 Å². The van der Waals surface area contributed by atoms with E-state index in [0.717, 1.165) is 16.9 Å². The summed E-state index contributed by atoms with van der Waals surface area (Å²) in [6.07, 6.45) is 1.81. The average molecular weight is 443 g/mol. The fourth-order valence-corrected chi connectivity index (χ4v) is 4.75. The molecule has 2 N–H and O–H groups in total. The van der Waals surface area contributed by atoms with E-state index < -0.39 is 5.92 Å². The van der Waals surface area contributed by atoms with Crippen LogP contribution in [0.25, 0.3) is 17.5 Å². The second kappa shape index (κ2) is 8.46. The number of aromatic nitrogens is 1. The molecule has 0 aliphatic carbocycles. The Morgan fingerprint density at radius 3 is 2.34 bits per heavy atom. The second-order valence-electron chi connectivity index (χ2n) is 6.98. The lowest BCUT2D eigenvalue weighted by atomic mass is 9.83. The van der Waals surface area contributed by atoms with Gasteiger partial charge in [0.15, 0.2) is 0 Å². The molecule has 2 heterocycles. The molecule has 1 aliphatic rings. The predicted molar refractivity (Wildman–Crippen MR) is 122 cm³/mol. The quantitative estimate of drug-likeness (QED) is 0.660. The Morgan fingerprint density at radius 1 is 1.03 bits per heavy atom. The van der Waals surface area contributed by atoms with Crippen molar-refractivity contribution in [3.8, 4) is 23.6 Å². The number of ether oxygens (including phenoxy) is 2. The van der Waals surface area contributed by atoms with Gasteiger partial charge in [0.2, 0.25) is 0 Å². The first-order chi connectivity index (χ1) is 15.5. The second-order valence-corrected chi connectivity index (χ2v) is 7.98. The number of thiazole rings is 1. The van der Waals surface area contributed by atoms with E-state index in [1.807, 2.05) is 30.3 Å². The van der Waals surface area contributed by atoms with Gasteiger partial charge in [-0.05, 0) is 41.5 Å². The molecule has 0 spiro atoms. The molecule has 32 heavy (non-hydrogen) atoms. The zero-order chi connectivity index (χ0) is 22.8. The average Bonchev–Trinajstić information content (AvgIpc) is 3.14. The normalized spacial score (nSPS) is 15.7. The van der Waals surface area contributed by atoms with Crippen molar-refractivity contribution < 1.29 is 9.47 Å². The SMILES string of the molecule is COc1cccc(C=c2sc(=O)n3c2=C(C#N)[C@H](c2cccc(OC)c2)C(C#N)=C3N)c1. The van der Waals surface area contributed by atoms with Crippen molar-refractivity contribution in [3.63, 3.8) is 0 Å². The van der Waals surface area contributed by atoms with Crippen LogP contribution < -0.4 is 30.0 Å². The van der Waals surface area contributed by atoms with Crippen LogP contribution >= 0.6 is 11.3 Å². The van der Waals surface area contributed by atoms with Crippen molar-refractivity contribution in [2.45, 2.75) is 5.92 Å². The fraction of sp³-hybridized carbons (Fsp3) is 0.125. The maximum atomic E-state index is 12.8. The number of nitrogens with zero attached hydrogens (tertiary/aromatic N) is 3. The lowest BCUT2D eigenvalue weighted by Gasteiger charge is -2.23. The Bertz CT molecular complexity index is 1520. The molecule has 8 heteroatoms. The summed E-state index contributed by atoms with van der Waals surface area (Å²) < 4.78 is 12.4. The zero-order valence-corrected chi connectivity index (χ0v) is 18.1. The van der Waals surface area contributed by atoms with Crippen molar-refractivity contribution in [1.29, 1.82) is 10.5 Å². The minimum absolute atomic E-state index is 0.0286. The van der Waals surface area contributed by atoms with E-state index in [9.17, 15) is 15.3 Å². The lowest BCUT2D eigenvalue weighted by molar-refractivity contribution is 0.414. The molecule has 0 bridgehead atoms. The molecule has 4 rings (SSSR count). The first-order valence-corrected chi connectivity index (χ1v) is 10.4. The van der Waals surface area contributed by atoms with Crippen LogP contribution in [0.2, 0.25) is 0 Å². The highest BCUT2D eigenvalue weighted by Crippen LogP contribution is 2.36. The smallest absolute Gasteiger partial charge is 0.313 e. The van der Waals surface area contributed by atoms with Gasteiger partial charge in [0.05, 0.1) is 53.3 Å². The highest BCUT2D eigenvalue weighted by atomic mass is 32.1. The summed E-state index contributed by atoms with van der Waals surface area (Å²) in [7, 11) is 3.12. The maximum Gasteiger partial charge on any atom is 0.313 e. The van der Waals surface area contributed by atoms with Crippen LogP contribution in [0.15, 0.2) is 58.9 Å². The fourth-order valence-electron chi connectivity index (χ4n) is 3.79. The number of benzene rings is 2. The zero-order valence-electron chi connectivity index (χ0n) is 17.3. The van der Waals surface area contributed by atoms with Crippen LogP contribution in [0.1, 0.15) is 17.0 Å². The summed E-state index contributed by atoms with van der Waals surface area (Å²) in [6.45, 7) is 0. The monoisotopic (exact) mass is 442 g/mol. The number of hydrogen-bond donors (Lipinski definition) is 1. The minimum atomic E-state index is -0.716. The Hall–Kier alpha value is -4.27. The Labute approximate surface area is 187 Å². The molecule has 0 unspecified atom stereocenters. The molecule has 1 atom stereocenters. The van der Waals surface area contributed by atoms with E-state index in [1.54, 1.807) is 38.5 Å². The molecule has 3 aromatic rings. The third-order valence-corrected chi connectivity index (χ3v) is 6.13. The standard InChI is InChI=1S/C24H18N4O3S/c1-30-16-7-3-5-14(9-16)10-20-22-18(12-25)21(15-6-4-8-17(11-15)31-2)19(13-26)23(27)28(22)24(29)32-20/h3-11,21H,27H2,1-2H3/t21-/m0/s1. The molecule has 0 radical (unpaired) electrons. The number of nitrogens with two attached hydrogens (primary N) is 1. The third-order valence-electron chi connectivity index (χ3n) is 5.25. The highest BCUT2D eigenvalue weighted by Gasteiger charge is 2.32. The molecule has 0 saturated heterocycles. The van der Waals surface area contributed by atoms with Crippen molar-refractivity contribution in [1.82, 2.24) is 4.57 Å². The largest absolute Gasteiger partial charge is 0.497 e. The van der Waals surface area contributed by atoms with Gasteiger partial charge in [0, 0.05) is 0 Å². The van der Waals surface area contributed by atoms with E-state index in [4.69, 9.17) is 15.2 Å². The molecule has 158 valence electrons. The van der Waals surface area contributed by atoms with Crippen molar-refractivity contribution in [2.24, 2.45) is 5.73 Å². The molecule has 0 fully saturated rings. The van der Waals surface area contributed by atoms with Crippen LogP contribution in [0.4, 0.5) is 0 Å². The topological polar surface area (TPSA) is 114 Å². The van der Waals surface area contributed by atoms with E-state index in [-0.39, 0.29) is 21.8 Å². The van der Waals surface area contributed by atoms with Crippen LogP contribution in [0, 0.1) is 22.7 Å². The summed E-state index contributed by atoms with van der Waals surface area (Å²) in [5.74, 6) is 0.573. The number of allylic oxidation sites excluding steroid dienone is 1. The number of fused-ring (bicyclic) bond motifs is 1. The summed E-state index contributed by atoms with van der Waals surface area (Å²) in [5.41, 5.74) is 8.21. The van der Waals surface area contributed by atoms with Crippen LogP contribution in [0.3, 0.4) is 0 Å². The van der Waals surface area contributed by atoms with Gasteiger partial charge in [-0.3, -0.25) is 9.36 Å². The molecular weight excluding hydrogens is 424 g/mol. The van der Waals surface area contributed by atoms with Gasteiger partial charge in [-0.2, -0.15) is 10.5 Å². The third kappa shape index (κ3) is 3.43. The van der Waals surface area contributed by atoms with Crippen molar-refractivity contribution in [3.05, 3.63) is 84.8 Å². The lowest BCUT2D eigenvalue weighted by Crippen LogP contribution is -2.41. The van der Waals surface area contributed by atoms with Crippen molar-refractivity contribution >= 4 is 28.8 Å². The van der Waals surface area contributed by atoms with E-state index in [0.29, 0.717) is 26.9 Å². The highest BCUT2D eigenvalue weighted by molar-refractivity contribution is 7.07. The van der Waals surface area contributed by atoms with Gasteiger partial charge >= 0.3 is 4.87 Å². The van der Waals surface area contributed by atoms with Gasteiger partial charge < -0.3 is 15.2 Å². The number of methoxy groups -OCH3 is 2. The van der Waals surface area contributed by atoms with E-state index in [2.05, 4.69) is 12.1 Å². The Morgan fingerprint density at radius 2 is 1.69 bits per heavy atom. The van der Waals surface area contributed by atoms with Gasteiger partial charge in [0.25, 0.3) is 0 Å². The summed E-state index contributed by atoms with van der Waals surface area (Å²) >= 11 is 0.970. The first kappa shape index (κ1) is 21.0. The number of rotatable bonds is 4.